The molecule has 0 aliphatic heterocycles. The van der Waals surface area contributed by atoms with Crippen LogP contribution in [-0.2, 0) is 11.8 Å². The van der Waals surface area contributed by atoms with Gasteiger partial charge in [0.15, 0.2) is 0 Å². The van der Waals surface area contributed by atoms with Crippen molar-refractivity contribution >= 4 is 12.4 Å². The fraction of sp³-hybridized carbons (Fsp3) is 0.667. The van der Waals surface area contributed by atoms with Crippen molar-refractivity contribution < 1.29 is 14.2 Å². The third-order valence-electron chi connectivity index (χ3n) is 8.62. The molecule has 2 rings (SSSR count). The zero-order chi connectivity index (χ0) is 32.6. The number of nitriles is 1. The second-order valence-corrected chi connectivity index (χ2v) is 12.2. The van der Waals surface area contributed by atoms with Gasteiger partial charge >= 0.3 is 0 Å². The highest BCUT2D eigenvalue weighted by Gasteiger charge is 2.32. The lowest BCUT2D eigenvalue weighted by molar-refractivity contribution is 0.322. The molecular weight excluding hydrogens is 594 g/mol. The molecule has 2 atom stereocenters. The average Bonchev–Trinajstić information content (AvgIpc) is 3.04. The predicted molar refractivity (Wildman–Crippen MR) is 194 cm³/mol. The summed E-state index contributed by atoms with van der Waals surface area (Å²) in [5.74, 6) is 2.52. The number of nitrogens with zero attached hydrogens (tertiary/aromatic N) is 3. The number of hydrogen-bond donors (Lipinski definition) is 0. The number of unbranched alkanes of at least 4 members (excludes halogenated alkanes) is 9. The van der Waals surface area contributed by atoms with E-state index in [4.69, 9.17) is 14.2 Å². The van der Waals surface area contributed by atoms with E-state index in [-0.39, 0.29) is 18.4 Å². The van der Waals surface area contributed by atoms with Gasteiger partial charge in [0.25, 0.3) is 0 Å². The summed E-state index contributed by atoms with van der Waals surface area (Å²) in [4.78, 5) is 0. The molecule has 0 bridgehead atoms. The third-order valence-corrected chi connectivity index (χ3v) is 8.62. The van der Waals surface area contributed by atoms with Crippen molar-refractivity contribution in [2.24, 2.45) is 10.2 Å². The predicted octanol–water partition coefficient (Wildman–Crippen LogP) is 11.6. The lowest BCUT2D eigenvalue weighted by atomic mass is 9.73. The van der Waals surface area contributed by atoms with E-state index in [0.717, 1.165) is 67.8 Å². The van der Waals surface area contributed by atoms with Gasteiger partial charge in [-0.1, -0.05) is 83.3 Å². The number of rotatable bonds is 26. The van der Waals surface area contributed by atoms with Crippen molar-refractivity contribution in [1.29, 1.82) is 5.26 Å². The molecule has 0 radical (unpaired) electrons. The molecule has 7 heteroatoms. The number of azo groups is 1. The Balaban J connectivity index is 0.0000106. The smallest absolute Gasteiger partial charge is 0.123 e. The molecule has 258 valence electrons. The number of benzene rings is 2. The van der Waals surface area contributed by atoms with E-state index in [1.807, 2.05) is 39.0 Å². The number of aryl methyl sites for hydroxylation is 1. The fourth-order valence-corrected chi connectivity index (χ4v) is 6.23. The van der Waals surface area contributed by atoms with Crippen molar-refractivity contribution in [1.82, 2.24) is 0 Å². The van der Waals surface area contributed by atoms with E-state index in [0.29, 0.717) is 19.8 Å². The minimum atomic E-state index is -0.528. The largest absolute Gasteiger partial charge is 0.494 e. The fourth-order valence-electron chi connectivity index (χ4n) is 6.23. The summed E-state index contributed by atoms with van der Waals surface area (Å²) in [7, 11) is 1.75. The van der Waals surface area contributed by atoms with E-state index < -0.39 is 5.41 Å². The summed E-state index contributed by atoms with van der Waals surface area (Å²) in [5.41, 5.74) is 1.73. The van der Waals surface area contributed by atoms with Gasteiger partial charge < -0.3 is 14.2 Å². The Bertz CT molecular complexity index is 1110. The second-order valence-electron chi connectivity index (χ2n) is 12.2. The summed E-state index contributed by atoms with van der Waals surface area (Å²) in [6, 6.07) is 17.3. The van der Waals surface area contributed by atoms with Gasteiger partial charge in [-0.25, -0.2) is 0 Å². The van der Waals surface area contributed by atoms with Gasteiger partial charge in [0.05, 0.1) is 37.3 Å². The maximum absolute atomic E-state index is 10.7. The molecule has 0 spiro atoms. The quantitative estimate of drug-likeness (QED) is 0.0746. The Kier molecular flexibility index (Phi) is 22.7. The van der Waals surface area contributed by atoms with Crippen LogP contribution in [0, 0.1) is 11.3 Å². The SMILES string of the molecule is CCCCCCCCCCCCC(C#N)(CCCC(CCc1cc(OCC)cc(OCC)c1)N=NC)c1cccc(OCC)c1.Cl. The van der Waals surface area contributed by atoms with Crippen molar-refractivity contribution in [3.05, 3.63) is 53.6 Å². The normalized spacial score (nSPS) is 13.0. The van der Waals surface area contributed by atoms with Gasteiger partial charge in [-0.15, -0.1) is 12.4 Å². The van der Waals surface area contributed by atoms with Crippen LogP contribution in [0.5, 0.6) is 17.2 Å². The van der Waals surface area contributed by atoms with Gasteiger partial charge in [0.2, 0.25) is 0 Å². The van der Waals surface area contributed by atoms with E-state index in [9.17, 15) is 5.26 Å². The van der Waals surface area contributed by atoms with Crippen molar-refractivity contribution in [3.8, 4) is 23.3 Å². The highest BCUT2D eigenvalue weighted by molar-refractivity contribution is 5.85. The Morgan fingerprint density at radius 1 is 0.696 bits per heavy atom. The summed E-state index contributed by atoms with van der Waals surface area (Å²) in [5, 5.41) is 19.5. The first-order valence-corrected chi connectivity index (χ1v) is 17.9. The average molecular weight is 656 g/mol. The number of ether oxygens (including phenoxy) is 3. The molecular formula is C39H62ClN3O3. The maximum atomic E-state index is 10.7. The van der Waals surface area contributed by atoms with Gasteiger partial charge in [0, 0.05) is 13.1 Å². The van der Waals surface area contributed by atoms with Crippen LogP contribution in [0.25, 0.3) is 0 Å². The van der Waals surface area contributed by atoms with E-state index in [1.54, 1.807) is 7.05 Å². The second kappa shape index (κ2) is 25.3. The summed E-state index contributed by atoms with van der Waals surface area (Å²) < 4.78 is 17.4. The summed E-state index contributed by atoms with van der Waals surface area (Å²) in [6.45, 7) is 10.1. The molecule has 0 saturated carbocycles. The van der Waals surface area contributed by atoms with E-state index >= 15 is 0 Å². The monoisotopic (exact) mass is 655 g/mol. The van der Waals surface area contributed by atoms with E-state index in [1.165, 1.54) is 63.4 Å². The molecule has 0 aliphatic carbocycles. The van der Waals surface area contributed by atoms with Gasteiger partial charge in [-0.2, -0.15) is 15.5 Å². The van der Waals surface area contributed by atoms with E-state index in [2.05, 4.69) is 47.5 Å². The Labute approximate surface area is 287 Å². The Morgan fingerprint density at radius 3 is 1.83 bits per heavy atom. The highest BCUT2D eigenvalue weighted by Crippen LogP contribution is 2.37. The molecule has 0 N–H and O–H groups in total. The third kappa shape index (κ3) is 15.7. The molecule has 2 unspecified atom stereocenters. The first-order valence-electron chi connectivity index (χ1n) is 17.9. The number of halogens is 1. The van der Waals surface area contributed by atoms with Crippen LogP contribution in [-0.4, -0.2) is 32.9 Å². The molecule has 46 heavy (non-hydrogen) atoms. The topological polar surface area (TPSA) is 76.2 Å². The van der Waals surface area contributed by atoms with Gasteiger partial charge in [-0.05, 0) is 94.7 Å². The van der Waals surface area contributed by atoms with Crippen LogP contribution in [0.4, 0.5) is 0 Å². The molecule has 0 fully saturated rings. The molecule has 0 aromatic heterocycles. The van der Waals surface area contributed by atoms with Gasteiger partial charge in [0.1, 0.15) is 17.2 Å². The lowest BCUT2D eigenvalue weighted by Crippen LogP contribution is -2.25. The van der Waals surface area contributed by atoms with Crippen molar-refractivity contribution in [2.45, 2.75) is 142 Å². The molecule has 0 saturated heterocycles. The minimum Gasteiger partial charge on any atom is -0.494 e. The molecule has 0 amide bonds. The molecule has 0 aliphatic rings. The Hall–Kier alpha value is -2.78. The standard InChI is InChI=1S/C39H61N3O3.ClH/c1-6-10-11-12-13-14-15-16-17-18-26-39(32-40,34-21-19-23-36(30-34)43-7-2)27-20-22-35(42-41-5)25-24-33-28-37(44-8-3)31-38(29-33)45-9-4;/h19,21,23,28-31,35H,6-18,20,22,24-27H2,1-5H3;1H. The van der Waals surface area contributed by atoms with Gasteiger partial charge in [-0.3, -0.25) is 0 Å². The zero-order valence-electron chi connectivity index (χ0n) is 29.5. The maximum Gasteiger partial charge on any atom is 0.123 e. The minimum absolute atomic E-state index is 0. The summed E-state index contributed by atoms with van der Waals surface area (Å²) in [6.07, 6.45) is 18.1. The first kappa shape index (κ1) is 41.2. The zero-order valence-corrected chi connectivity index (χ0v) is 30.3. The lowest BCUT2D eigenvalue weighted by Gasteiger charge is -2.28. The van der Waals surface area contributed by atoms with Crippen LogP contribution in [0.15, 0.2) is 52.7 Å². The highest BCUT2D eigenvalue weighted by atomic mass is 35.5. The first-order chi connectivity index (χ1) is 22.0. The van der Waals surface area contributed by atoms with Crippen LogP contribution >= 0.6 is 12.4 Å². The molecule has 2 aromatic carbocycles. The molecule has 2 aromatic rings. The molecule has 0 heterocycles. The Morgan fingerprint density at radius 2 is 1.26 bits per heavy atom. The number of hydrogen-bond acceptors (Lipinski definition) is 6. The van der Waals surface area contributed by atoms with Crippen LogP contribution in [0.1, 0.15) is 135 Å². The molecule has 6 nitrogen and oxygen atoms in total. The van der Waals surface area contributed by atoms with Crippen LogP contribution in [0.3, 0.4) is 0 Å². The summed E-state index contributed by atoms with van der Waals surface area (Å²) >= 11 is 0. The van der Waals surface area contributed by atoms with Crippen molar-refractivity contribution in [2.75, 3.05) is 26.9 Å². The van der Waals surface area contributed by atoms with Crippen LogP contribution in [0.2, 0.25) is 0 Å². The van der Waals surface area contributed by atoms with Crippen molar-refractivity contribution in [3.63, 3.8) is 0 Å². The van der Waals surface area contributed by atoms with Crippen LogP contribution < -0.4 is 14.2 Å².